The van der Waals surface area contributed by atoms with E-state index < -0.39 is 0 Å². The predicted octanol–water partition coefficient (Wildman–Crippen LogP) is 0.129. The molecule has 0 saturated carbocycles. The van der Waals surface area contributed by atoms with Crippen LogP contribution in [0.5, 0.6) is 0 Å². The zero-order valence-corrected chi connectivity index (χ0v) is 7.73. The van der Waals surface area contributed by atoms with Gasteiger partial charge in [0.05, 0.1) is 0 Å². The van der Waals surface area contributed by atoms with Crippen molar-refractivity contribution >= 4 is 6.47 Å². The molecule has 2 atom stereocenters. The molecule has 0 amide bonds. The fraction of sp³-hybridized carbons (Fsp3) is 0.875. The molecular weight excluding hydrogens is 156 g/mol. The molecule has 0 aromatic heterocycles. The van der Waals surface area contributed by atoms with E-state index in [4.69, 9.17) is 15.6 Å². The fourth-order valence-corrected chi connectivity index (χ4v) is 1.33. The lowest BCUT2D eigenvalue weighted by Crippen LogP contribution is -2.43. The zero-order chi connectivity index (χ0) is 9.56. The second kappa shape index (κ2) is 5.97. The van der Waals surface area contributed by atoms with Gasteiger partial charge in [0.25, 0.3) is 6.47 Å². The van der Waals surface area contributed by atoms with E-state index in [9.17, 15) is 0 Å². The predicted molar refractivity (Wildman–Crippen MR) is 48.0 cm³/mol. The summed E-state index contributed by atoms with van der Waals surface area (Å²) in [7, 11) is 2.16. The third-order valence-electron chi connectivity index (χ3n) is 2.25. The van der Waals surface area contributed by atoms with Crippen molar-refractivity contribution < 1.29 is 9.90 Å². The Balaban J connectivity index is 0.000000354. The number of carboxylic acid groups (broad SMARTS) is 1. The molecule has 0 bridgehead atoms. The van der Waals surface area contributed by atoms with Crippen LogP contribution >= 0.6 is 0 Å². The van der Waals surface area contributed by atoms with Crippen molar-refractivity contribution in [3.8, 4) is 0 Å². The number of hydrogen-bond acceptors (Lipinski definition) is 3. The average Bonchev–Trinajstić information content (AvgIpc) is 1.99. The number of piperidine rings is 1. The highest BCUT2D eigenvalue weighted by Gasteiger charge is 2.18. The summed E-state index contributed by atoms with van der Waals surface area (Å²) in [6, 6.07) is 1.14. The van der Waals surface area contributed by atoms with Crippen LogP contribution in [0.1, 0.15) is 19.8 Å². The van der Waals surface area contributed by atoms with E-state index in [1.807, 2.05) is 0 Å². The van der Waals surface area contributed by atoms with Gasteiger partial charge in [0, 0.05) is 12.1 Å². The van der Waals surface area contributed by atoms with Crippen LogP contribution in [0.25, 0.3) is 0 Å². The minimum atomic E-state index is -0.250. The Kier molecular flexibility index (Phi) is 5.66. The molecule has 4 nitrogen and oxygen atoms in total. The van der Waals surface area contributed by atoms with Gasteiger partial charge in [-0.25, -0.2) is 0 Å². The summed E-state index contributed by atoms with van der Waals surface area (Å²) in [4.78, 5) is 10.7. The minimum Gasteiger partial charge on any atom is -0.483 e. The number of hydrogen-bond donors (Lipinski definition) is 2. The molecule has 1 aliphatic heterocycles. The molecule has 12 heavy (non-hydrogen) atoms. The maximum Gasteiger partial charge on any atom is 0.290 e. The Morgan fingerprint density at radius 2 is 2.17 bits per heavy atom. The number of carbonyl (C=O) groups is 1. The molecule has 2 unspecified atom stereocenters. The minimum absolute atomic E-state index is 0.250. The monoisotopic (exact) mass is 174 g/mol. The van der Waals surface area contributed by atoms with Gasteiger partial charge < -0.3 is 15.7 Å². The van der Waals surface area contributed by atoms with Gasteiger partial charge in [0.1, 0.15) is 0 Å². The SMILES string of the molecule is CC1CC(N)CCN1C.O=CO. The van der Waals surface area contributed by atoms with E-state index in [1.165, 1.54) is 13.0 Å². The van der Waals surface area contributed by atoms with Gasteiger partial charge in [0.2, 0.25) is 0 Å². The summed E-state index contributed by atoms with van der Waals surface area (Å²) in [5, 5.41) is 6.89. The number of nitrogens with two attached hydrogens (primary N) is 1. The molecule has 3 N–H and O–H groups in total. The van der Waals surface area contributed by atoms with Crippen LogP contribution in [0, 0.1) is 0 Å². The third-order valence-corrected chi connectivity index (χ3v) is 2.25. The van der Waals surface area contributed by atoms with Gasteiger partial charge in [-0.15, -0.1) is 0 Å². The van der Waals surface area contributed by atoms with Gasteiger partial charge in [-0.2, -0.15) is 0 Å². The van der Waals surface area contributed by atoms with Crippen molar-refractivity contribution in [2.75, 3.05) is 13.6 Å². The van der Waals surface area contributed by atoms with E-state index in [2.05, 4.69) is 18.9 Å². The Bertz CT molecular complexity index is 130. The van der Waals surface area contributed by atoms with Gasteiger partial charge in [-0.1, -0.05) is 0 Å². The van der Waals surface area contributed by atoms with E-state index in [1.54, 1.807) is 0 Å². The van der Waals surface area contributed by atoms with Crippen LogP contribution in [0.3, 0.4) is 0 Å². The highest BCUT2D eigenvalue weighted by atomic mass is 16.3. The fourth-order valence-electron chi connectivity index (χ4n) is 1.33. The van der Waals surface area contributed by atoms with Crippen molar-refractivity contribution in [2.24, 2.45) is 5.73 Å². The summed E-state index contributed by atoms with van der Waals surface area (Å²) >= 11 is 0. The van der Waals surface area contributed by atoms with Crippen LogP contribution in [0.15, 0.2) is 0 Å². The number of likely N-dealkylation sites (tertiary alicyclic amines) is 1. The first-order valence-corrected chi connectivity index (χ1v) is 4.15. The van der Waals surface area contributed by atoms with Crippen LogP contribution in [-0.4, -0.2) is 42.2 Å². The molecule has 1 aliphatic rings. The smallest absolute Gasteiger partial charge is 0.290 e. The second-order valence-electron chi connectivity index (χ2n) is 3.22. The lowest BCUT2D eigenvalue weighted by Gasteiger charge is -2.33. The lowest BCUT2D eigenvalue weighted by atomic mass is 10.0. The highest BCUT2D eigenvalue weighted by molar-refractivity contribution is 5.32. The topological polar surface area (TPSA) is 66.6 Å². The van der Waals surface area contributed by atoms with Crippen LogP contribution in [-0.2, 0) is 4.79 Å². The van der Waals surface area contributed by atoms with Crippen molar-refractivity contribution in [2.45, 2.75) is 31.8 Å². The molecule has 0 aliphatic carbocycles. The summed E-state index contributed by atoms with van der Waals surface area (Å²) in [6.07, 6.45) is 2.33. The van der Waals surface area contributed by atoms with Crippen molar-refractivity contribution in [3.05, 3.63) is 0 Å². The maximum absolute atomic E-state index is 8.36. The second-order valence-corrected chi connectivity index (χ2v) is 3.22. The van der Waals surface area contributed by atoms with E-state index in [0.717, 1.165) is 6.42 Å². The average molecular weight is 174 g/mol. The Hall–Kier alpha value is -0.610. The summed E-state index contributed by atoms with van der Waals surface area (Å²) in [6.45, 7) is 3.15. The first kappa shape index (κ1) is 11.4. The van der Waals surface area contributed by atoms with Crippen LogP contribution in [0.4, 0.5) is 0 Å². The van der Waals surface area contributed by atoms with Crippen LogP contribution < -0.4 is 5.73 Å². The molecule has 1 rings (SSSR count). The van der Waals surface area contributed by atoms with E-state index >= 15 is 0 Å². The molecular formula is C8H18N2O2. The van der Waals surface area contributed by atoms with Crippen molar-refractivity contribution in [1.29, 1.82) is 0 Å². The first-order chi connectivity index (χ1) is 5.61. The van der Waals surface area contributed by atoms with E-state index in [0.29, 0.717) is 12.1 Å². The van der Waals surface area contributed by atoms with E-state index in [-0.39, 0.29) is 6.47 Å². The maximum atomic E-state index is 8.36. The van der Waals surface area contributed by atoms with Crippen molar-refractivity contribution in [3.63, 3.8) is 0 Å². The molecule has 72 valence electrons. The molecule has 0 aromatic carbocycles. The molecule has 0 spiro atoms. The normalized spacial score (nSPS) is 30.2. The number of nitrogens with zero attached hydrogens (tertiary/aromatic N) is 1. The van der Waals surface area contributed by atoms with Crippen LogP contribution in [0.2, 0.25) is 0 Å². The zero-order valence-electron chi connectivity index (χ0n) is 7.73. The molecule has 0 radical (unpaired) electrons. The standard InChI is InChI=1S/C7H16N2.CH2O2/c1-6-5-7(8)3-4-9(6)2;2-1-3/h6-7H,3-5,8H2,1-2H3;1H,(H,2,3). The van der Waals surface area contributed by atoms with Gasteiger partial charge in [0.15, 0.2) is 0 Å². The Labute approximate surface area is 73.3 Å². The molecule has 0 aromatic rings. The highest BCUT2D eigenvalue weighted by Crippen LogP contribution is 2.12. The van der Waals surface area contributed by atoms with Crippen molar-refractivity contribution in [1.82, 2.24) is 4.90 Å². The Morgan fingerprint density at radius 1 is 1.67 bits per heavy atom. The summed E-state index contributed by atoms with van der Waals surface area (Å²) < 4.78 is 0. The lowest BCUT2D eigenvalue weighted by molar-refractivity contribution is -0.122. The van der Waals surface area contributed by atoms with Gasteiger partial charge in [-0.3, -0.25) is 4.79 Å². The Morgan fingerprint density at radius 3 is 2.50 bits per heavy atom. The molecule has 1 fully saturated rings. The summed E-state index contributed by atoms with van der Waals surface area (Å²) in [5.74, 6) is 0. The third kappa shape index (κ3) is 4.31. The largest absolute Gasteiger partial charge is 0.483 e. The summed E-state index contributed by atoms with van der Waals surface area (Å²) in [5.41, 5.74) is 5.76. The molecule has 1 saturated heterocycles. The first-order valence-electron chi connectivity index (χ1n) is 4.15. The molecule has 4 heteroatoms. The quantitative estimate of drug-likeness (QED) is 0.512. The molecule has 1 heterocycles. The van der Waals surface area contributed by atoms with Gasteiger partial charge >= 0.3 is 0 Å². The number of rotatable bonds is 0. The van der Waals surface area contributed by atoms with Gasteiger partial charge in [-0.05, 0) is 33.4 Å².